The summed E-state index contributed by atoms with van der Waals surface area (Å²) in [5, 5.41) is 6.96. The van der Waals surface area contributed by atoms with E-state index in [9.17, 15) is 0 Å². The lowest BCUT2D eigenvalue weighted by atomic mass is 9.91. The molecule has 0 spiro atoms. The molecule has 5 nitrogen and oxygen atoms in total. The number of nitrogens with zero attached hydrogens (tertiary/aromatic N) is 3. The SMILES string of the molecule is CN=C(NCc1cccc(Cn2ccnc2)c1)NCC(c1ccccc1)c1ccccc1. The largest absolute Gasteiger partial charge is 0.355 e. The molecular formula is C27H29N5. The van der Waals surface area contributed by atoms with Crippen LogP contribution in [0.4, 0.5) is 0 Å². The quantitative estimate of drug-likeness (QED) is 0.326. The molecule has 0 saturated heterocycles. The van der Waals surface area contributed by atoms with Gasteiger partial charge in [-0.15, -0.1) is 0 Å². The number of guanidine groups is 1. The van der Waals surface area contributed by atoms with Gasteiger partial charge >= 0.3 is 0 Å². The molecule has 4 rings (SSSR count). The highest BCUT2D eigenvalue weighted by Crippen LogP contribution is 2.23. The molecule has 0 aliphatic carbocycles. The topological polar surface area (TPSA) is 54.2 Å². The van der Waals surface area contributed by atoms with E-state index in [0.29, 0.717) is 6.54 Å². The molecule has 0 saturated carbocycles. The Morgan fingerprint density at radius 1 is 0.875 bits per heavy atom. The summed E-state index contributed by atoms with van der Waals surface area (Å²) in [6.45, 7) is 2.28. The lowest BCUT2D eigenvalue weighted by molar-refractivity contribution is 0.727. The monoisotopic (exact) mass is 423 g/mol. The van der Waals surface area contributed by atoms with E-state index in [0.717, 1.165) is 19.0 Å². The molecule has 4 aromatic rings. The summed E-state index contributed by atoms with van der Waals surface area (Å²) in [6.07, 6.45) is 5.62. The molecule has 1 heterocycles. The first-order valence-corrected chi connectivity index (χ1v) is 10.9. The Hall–Kier alpha value is -3.86. The van der Waals surface area contributed by atoms with Crippen LogP contribution in [0, 0.1) is 0 Å². The van der Waals surface area contributed by atoms with Crippen molar-refractivity contribution in [1.29, 1.82) is 0 Å². The summed E-state index contributed by atoms with van der Waals surface area (Å²) in [7, 11) is 1.81. The van der Waals surface area contributed by atoms with Crippen LogP contribution < -0.4 is 10.6 Å². The van der Waals surface area contributed by atoms with E-state index in [1.54, 1.807) is 6.20 Å². The highest BCUT2D eigenvalue weighted by molar-refractivity contribution is 5.79. The first kappa shape index (κ1) is 21.4. The van der Waals surface area contributed by atoms with Crippen LogP contribution in [0.15, 0.2) is 109 Å². The van der Waals surface area contributed by atoms with Gasteiger partial charge in [-0.3, -0.25) is 4.99 Å². The third kappa shape index (κ3) is 5.85. The van der Waals surface area contributed by atoms with Crippen LogP contribution in [-0.4, -0.2) is 29.1 Å². The molecule has 5 heteroatoms. The van der Waals surface area contributed by atoms with Gasteiger partial charge in [0.15, 0.2) is 5.96 Å². The molecule has 32 heavy (non-hydrogen) atoms. The van der Waals surface area contributed by atoms with E-state index < -0.39 is 0 Å². The van der Waals surface area contributed by atoms with Crippen molar-refractivity contribution >= 4 is 5.96 Å². The number of hydrogen-bond acceptors (Lipinski definition) is 2. The van der Waals surface area contributed by atoms with Gasteiger partial charge in [0.05, 0.1) is 6.33 Å². The van der Waals surface area contributed by atoms with Crippen molar-refractivity contribution < 1.29 is 0 Å². The number of imidazole rings is 1. The summed E-state index contributed by atoms with van der Waals surface area (Å²) in [4.78, 5) is 8.54. The van der Waals surface area contributed by atoms with Gasteiger partial charge in [-0.1, -0.05) is 84.9 Å². The normalized spacial score (nSPS) is 11.5. The summed E-state index contributed by atoms with van der Waals surface area (Å²) in [5.74, 6) is 1.04. The molecule has 0 fully saturated rings. The molecule has 0 amide bonds. The molecule has 162 valence electrons. The van der Waals surface area contributed by atoms with Gasteiger partial charge in [0.1, 0.15) is 0 Å². The number of aromatic nitrogens is 2. The fraction of sp³-hybridized carbons (Fsp3) is 0.185. The standard InChI is InChI=1S/C27H29N5/c1-28-27(30-18-22-9-8-10-23(17-22)20-32-16-15-29-21-32)31-19-26(24-11-4-2-5-12-24)25-13-6-3-7-14-25/h2-17,21,26H,18-20H2,1H3,(H2,28,30,31). The number of benzene rings is 3. The minimum Gasteiger partial charge on any atom is -0.355 e. The smallest absolute Gasteiger partial charge is 0.191 e. The molecule has 0 aliphatic rings. The Labute approximate surface area is 189 Å². The first-order chi connectivity index (χ1) is 15.8. The van der Waals surface area contributed by atoms with Crippen molar-refractivity contribution in [3.05, 3.63) is 126 Å². The molecule has 1 aromatic heterocycles. The van der Waals surface area contributed by atoms with Gasteiger partial charge in [-0.05, 0) is 22.3 Å². The average molecular weight is 424 g/mol. The molecule has 0 unspecified atom stereocenters. The van der Waals surface area contributed by atoms with Crippen molar-refractivity contribution in [2.45, 2.75) is 19.0 Å². The predicted octanol–water partition coefficient (Wildman–Crippen LogP) is 4.43. The first-order valence-electron chi connectivity index (χ1n) is 10.9. The van der Waals surface area contributed by atoms with Gasteiger partial charge in [-0.2, -0.15) is 0 Å². The Morgan fingerprint density at radius 2 is 1.56 bits per heavy atom. The second kappa shape index (κ2) is 11.0. The maximum absolute atomic E-state index is 4.43. The van der Waals surface area contributed by atoms with Crippen molar-refractivity contribution in [2.24, 2.45) is 4.99 Å². The van der Waals surface area contributed by atoms with E-state index in [2.05, 4.69) is 110 Å². The van der Waals surface area contributed by atoms with E-state index in [4.69, 9.17) is 0 Å². The lowest BCUT2D eigenvalue weighted by Crippen LogP contribution is -2.39. The minimum atomic E-state index is 0.245. The molecule has 3 aromatic carbocycles. The summed E-state index contributed by atoms with van der Waals surface area (Å²) in [6, 6.07) is 29.8. The number of aliphatic imine (C=N–C) groups is 1. The zero-order valence-corrected chi connectivity index (χ0v) is 18.4. The Balaban J connectivity index is 1.38. The van der Waals surface area contributed by atoms with E-state index in [1.807, 2.05) is 19.6 Å². The highest BCUT2D eigenvalue weighted by Gasteiger charge is 2.14. The van der Waals surface area contributed by atoms with Crippen molar-refractivity contribution in [1.82, 2.24) is 20.2 Å². The zero-order valence-electron chi connectivity index (χ0n) is 18.4. The maximum Gasteiger partial charge on any atom is 0.191 e. The lowest BCUT2D eigenvalue weighted by Gasteiger charge is -2.20. The van der Waals surface area contributed by atoms with E-state index in [-0.39, 0.29) is 5.92 Å². The van der Waals surface area contributed by atoms with Gasteiger partial charge in [0.2, 0.25) is 0 Å². The van der Waals surface area contributed by atoms with Crippen LogP contribution in [0.5, 0.6) is 0 Å². The molecule has 2 N–H and O–H groups in total. The molecule has 0 radical (unpaired) electrons. The Bertz CT molecular complexity index is 1070. The number of hydrogen-bond donors (Lipinski definition) is 2. The maximum atomic E-state index is 4.43. The van der Waals surface area contributed by atoms with Crippen LogP contribution in [0.1, 0.15) is 28.2 Å². The Kier molecular flexibility index (Phi) is 7.32. The third-order valence-corrected chi connectivity index (χ3v) is 5.48. The zero-order chi connectivity index (χ0) is 22.0. The van der Waals surface area contributed by atoms with Gasteiger partial charge < -0.3 is 15.2 Å². The van der Waals surface area contributed by atoms with Crippen LogP contribution >= 0.6 is 0 Å². The molecule has 0 atom stereocenters. The van der Waals surface area contributed by atoms with Crippen molar-refractivity contribution in [3.8, 4) is 0 Å². The molecular weight excluding hydrogens is 394 g/mol. The second-order valence-corrected chi connectivity index (χ2v) is 7.74. The summed E-state index contributed by atoms with van der Waals surface area (Å²) in [5.41, 5.74) is 5.04. The Morgan fingerprint density at radius 3 is 2.19 bits per heavy atom. The fourth-order valence-corrected chi connectivity index (χ4v) is 3.83. The molecule has 0 aliphatic heterocycles. The van der Waals surface area contributed by atoms with Crippen LogP contribution in [-0.2, 0) is 13.1 Å². The van der Waals surface area contributed by atoms with Gasteiger partial charge in [0, 0.05) is 45.0 Å². The van der Waals surface area contributed by atoms with E-state index in [1.165, 1.54) is 22.3 Å². The summed E-state index contributed by atoms with van der Waals surface area (Å²) < 4.78 is 2.07. The predicted molar refractivity (Wildman–Crippen MR) is 131 cm³/mol. The fourth-order valence-electron chi connectivity index (χ4n) is 3.83. The second-order valence-electron chi connectivity index (χ2n) is 7.74. The van der Waals surface area contributed by atoms with Crippen LogP contribution in [0.25, 0.3) is 0 Å². The average Bonchev–Trinajstić information content (AvgIpc) is 3.36. The van der Waals surface area contributed by atoms with Crippen molar-refractivity contribution in [3.63, 3.8) is 0 Å². The van der Waals surface area contributed by atoms with E-state index >= 15 is 0 Å². The summed E-state index contributed by atoms with van der Waals surface area (Å²) >= 11 is 0. The minimum absolute atomic E-state index is 0.245. The third-order valence-electron chi connectivity index (χ3n) is 5.48. The number of rotatable bonds is 8. The van der Waals surface area contributed by atoms with Gasteiger partial charge in [0.25, 0.3) is 0 Å². The highest BCUT2D eigenvalue weighted by atomic mass is 15.2. The number of nitrogens with one attached hydrogen (secondary N) is 2. The van der Waals surface area contributed by atoms with Crippen LogP contribution in [0.3, 0.4) is 0 Å². The van der Waals surface area contributed by atoms with Gasteiger partial charge in [-0.25, -0.2) is 4.98 Å². The molecule has 0 bridgehead atoms. The van der Waals surface area contributed by atoms with Crippen molar-refractivity contribution in [2.75, 3.05) is 13.6 Å². The van der Waals surface area contributed by atoms with Crippen LogP contribution in [0.2, 0.25) is 0 Å².